The van der Waals surface area contributed by atoms with E-state index in [1.165, 1.54) is 0 Å². The van der Waals surface area contributed by atoms with Crippen LogP contribution in [0.15, 0.2) is 34.9 Å². The first-order chi connectivity index (χ1) is 13.0. The monoisotopic (exact) mass is 373 g/mol. The maximum Gasteiger partial charge on any atom is 0.276 e. The van der Waals surface area contributed by atoms with Gasteiger partial charge in [-0.1, -0.05) is 23.4 Å². The van der Waals surface area contributed by atoms with Crippen LogP contribution in [0.25, 0.3) is 0 Å². The van der Waals surface area contributed by atoms with Gasteiger partial charge in [0, 0.05) is 31.8 Å². The van der Waals surface area contributed by atoms with Crippen molar-refractivity contribution in [3.05, 3.63) is 47.3 Å². The summed E-state index contributed by atoms with van der Waals surface area (Å²) in [6, 6.07) is 9.20. The van der Waals surface area contributed by atoms with Crippen LogP contribution in [0.4, 0.5) is 0 Å². The summed E-state index contributed by atoms with van der Waals surface area (Å²) in [5, 5.41) is 13.6. The predicted octanol–water partition coefficient (Wildman–Crippen LogP) is 2.47. The Labute approximate surface area is 159 Å². The fraction of sp³-hybridized carbons (Fsp3) is 0.500. The first-order valence-electron chi connectivity index (χ1n) is 9.25. The first kappa shape index (κ1) is 19.4. The summed E-state index contributed by atoms with van der Waals surface area (Å²) in [5.41, 5.74) is 1.23. The molecule has 1 aromatic heterocycles. The smallest absolute Gasteiger partial charge is 0.276 e. The molecule has 0 spiro atoms. The number of para-hydroxylation sites is 1. The lowest BCUT2D eigenvalue weighted by atomic mass is 10.1. The number of aromatic nitrogens is 1. The van der Waals surface area contributed by atoms with Gasteiger partial charge in [-0.2, -0.15) is 0 Å². The van der Waals surface area contributed by atoms with Crippen LogP contribution in [-0.4, -0.2) is 59.3 Å². The number of amides is 1. The number of carbonyl (C=O) groups is 1. The summed E-state index contributed by atoms with van der Waals surface area (Å²) >= 11 is 0. The molecule has 0 saturated carbocycles. The van der Waals surface area contributed by atoms with E-state index >= 15 is 0 Å². The van der Waals surface area contributed by atoms with E-state index in [4.69, 9.17) is 9.26 Å². The van der Waals surface area contributed by atoms with Gasteiger partial charge in [-0.25, -0.2) is 0 Å². The zero-order valence-electron chi connectivity index (χ0n) is 16.1. The van der Waals surface area contributed by atoms with Gasteiger partial charge in [0.1, 0.15) is 5.75 Å². The third-order valence-corrected chi connectivity index (χ3v) is 5.20. The number of likely N-dealkylation sites (tertiary alicyclic amines) is 1. The summed E-state index contributed by atoms with van der Waals surface area (Å²) in [6.07, 6.45) is 1.32. The lowest BCUT2D eigenvalue weighted by Gasteiger charge is -2.28. The standard InChI is InChI=1S/C20H27N3O4/c1-14(17-6-4-5-7-19(17)26-3)22(2)20(25)18-12-16(27-21-18)13-23-10-8-15(24)9-11-23/h4-7,12,14-15,24H,8-11,13H2,1-3H3/t14-/m1/s1. The second-order valence-corrected chi connectivity index (χ2v) is 7.02. The van der Waals surface area contributed by atoms with E-state index in [-0.39, 0.29) is 18.1 Å². The molecule has 1 aliphatic heterocycles. The Hall–Kier alpha value is -2.38. The van der Waals surface area contributed by atoms with Crippen LogP contribution in [-0.2, 0) is 6.54 Å². The molecule has 1 saturated heterocycles. The lowest BCUT2D eigenvalue weighted by Crippen LogP contribution is -2.35. The zero-order chi connectivity index (χ0) is 19.4. The van der Waals surface area contributed by atoms with Crippen molar-refractivity contribution in [2.24, 2.45) is 0 Å². The third kappa shape index (κ3) is 4.48. The second kappa shape index (κ2) is 8.54. The molecule has 0 radical (unpaired) electrons. The van der Waals surface area contributed by atoms with Crippen LogP contribution >= 0.6 is 0 Å². The molecule has 1 N–H and O–H groups in total. The van der Waals surface area contributed by atoms with E-state index in [0.717, 1.165) is 37.2 Å². The Kier molecular flexibility index (Phi) is 6.13. The summed E-state index contributed by atoms with van der Waals surface area (Å²) in [6.45, 7) is 4.18. The van der Waals surface area contributed by atoms with Crippen LogP contribution in [0.1, 0.15) is 47.6 Å². The van der Waals surface area contributed by atoms with Crippen molar-refractivity contribution in [1.29, 1.82) is 0 Å². The Morgan fingerprint density at radius 3 is 2.81 bits per heavy atom. The Morgan fingerprint density at radius 2 is 2.11 bits per heavy atom. The minimum atomic E-state index is -0.210. The van der Waals surface area contributed by atoms with Gasteiger partial charge in [-0.15, -0.1) is 0 Å². The van der Waals surface area contributed by atoms with Crippen LogP contribution in [0.3, 0.4) is 0 Å². The van der Waals surface area contributed by atoms with Crippen molar-refractivity contribution in [2.45, 2.75) is 38.5 Å². The number of aliphatic hydroxyl groups excluding tert-OH is 1. The van der Waals surface area contributed by atoms with E-state index in [1.54, 1.807) is 25.1 Å². The highest BCUT2D eigenvalue weighted by Crippen LogP contribution is 2.29. The molecule has 1 aromatic carbocycles. The fourth-order valence-corrected chi connectivity index (χ4v) is 3.36. The van der Waals surface area contributed by atoms with Crippen LogP contribution < -0.4 is 4.74 Å². The highest BCUT2D eigenvalue weighted by Gasteiger charge is 2.25. The van der Waals surface area contributed by atoms with E-state index < -0.39 is 0 Å². The molecule has 1 fully saturated rings. The van der Waals surface area contributed by atoms with E-state index in [0.29, 0.717) is 18.0 Å². The maximum absolute atomic E-state index is 12.8. The number of piperidine rings is 1. The van der Waals surface area contributed by atoms with Crippen molar-refractivity contribution < 1.29 is 19.2 Å². The van der Waals surface area contributed by atoms with Crippen LogP contribution in [0.5, 0.6) is 5.75 Å². The quantitative estimate of drug-likeness (QED) is 0.838. The molecular weight excluding hydrogens is 346 g/mol. The SMILES string of the molecule is COc1ccccc1[C@@H](C)N(C)C(=O)c1cc(CN2CCC(O)CC2)on1. The Balaban J connectivity index is 1.66. The Bertz CT molecular complexity index is 768. The maximum atomic E-state index is 12.8. The topological polar surface area (TPSA) is 79.0 Å². The van der Waals surface area contributed by atoms with Gasteiger partial charge in [0.25, 0.3) is 5.91 Å². The minimum absolute atomic E-state index is 0.169. The van der Waals surface area contributed by atoms with Crippen molar-refractivity contribution >= 4 is 5.91 Å². The number of hydrogen-bond acceptors (Lipinski definition) is 6. The molecule has 1 aliphatic rings. The van der Waals surface area contributed by atoms with Gasteiger partial charge >= 0.3 is 0 Å². The summed E-state index contributed by atoms with van der Waals surface area (Å²) in [7, 11) is 3.37. The minimum Gasteiger partial charge on any atom is -0.496 e. The molecular formula is C20H27N3O4. The molecule has 0 aliphatic carbocycles. The lowest BCUT2D eigenvalue weighted by molar-refractivity contribution is 0.0723. The fourth-order valence-electron chi connectivity index (χ4n) is 3.36. The zero-order valence-corrected chi connectivity index (χ0v) is 16.1. The van der Waals surface area contributed by atoms with E-state index in [9.17, 15) is 9.90 Å². The average molecular weight is 373 g/mol. The molecule has 3 rings (SSSR count). The highest BCUT2D eigenvalue weighted by atomic mass is 16.5. The van der Waals surface area contributed by atoms with E-state index in [1.807, 2.05) is 31.2 Å². The number of ether oxygens (including phenoxy) is 1. The summed E-state index contributed by atoms with van der Waals surface area (Å²) < 4.78 is 10.8. The number of aliphatic hydroxyl groups is 1. The van der Waals surface area contributed by atoms with Gasteiger partial charge in [0.2, 0.25) is 0 Å². The summed E-state index contributed by atoms with van der Waals surface area (Å²) in [4.78, 5) is 16.7. The van der Waals surface area contributed by atoms with Crippen molar-refractivity contribution in [2.75, 3.05) is 27.2 Å². The van der Waals surface area contributed by atoms with Crippen molar-refractivity contribution in [3.63, 3.8) is 0 Å². The molecule has 2 aromatic rings. The second-order valence-electron chi connectivity index (χ2n) is 7.02. The van der Waals surface area contributed by atoms with Crippen LogP contribution in [0, 0.1) is 0 Å². The first-order valence-corrected chi connectivity index (χ1v) is 9.25. The van der Waals surface area contributed by atoms with Crippen molar-refractivity contribution in [1.82, 2.24) is 15.0 Å². The third-order valence-electron chi connectivity index (χ3n) is 5.20. The van der Waals surface area contributed by atoms with E-state index in [2.05, 4.69) is 10.1 Å². The number of carbonyl (C=O) groups excluding carboxylic acids is 1. The van der Waals surface area contributed by atoms with Crippen molar-refractivity contribution in [3.8, 4) is 5.75 Å². The van der Waals surface area contributed by atoms with Gasteiger partial charge in [-0.05, 0) is 25.8 Å². The molecule has 0 bridgehead atoms. The van der Waals surface area contributed by atoms with Gasteiger partial charge in [0.15, 0.2) is 11.5 Å². The van der Waals surface area contributed by atoms with Crippen LogP contribution in [0.2, 0.25) is 0 Å². The van der Waals surface area contributed by atoms with Gasteiger partial charge in [-0.3, -0.25) is 9.69 Å². The molecule has 27 heavy (non-hydrogen) atoms. The average Bonchev–Trinajstić information content (AvgIpc) is 3.16. The van der Waals surface area contributed by atoms with Gasteiger partial charge < -0.3 is 19.3 Å². The summed E-state index contributed by atoms with van der Waals surface area (Å²) in [5.74, 6) is 1.21. The largest absolute Gasteiger partial charge is 0.496 e. The molecule has 7 heteroatoms. The van der Waals surface area contributed by atoms with Gasteiger partial charge in [0.05, 0.1) is 25.8 Å². The number of nitrogens with zero attached hydrogens (tertiary/aromatic N) is 3. The number of rotatable bonds is 6. The molecule has 7 nitrogen and oxygen atoms in total. The number of hydrogen-bond donors (Lipinski definition) is 1. The molecule has 0 unspecified atom stereocenters. The highest BCUT2D eigenvalue weighted by molar-refractivity contribution is 5.92. The number of benzene rings is 1. The molecule has 2 heterocycles. The Morgan fingerprint density at radius 1 is 1.41 bits per heavy atom. The molecule has 1 amide bonds. The molecule has 1 atom stereocenters. The predicted molar refractivity (Wildman–Crippen MR) is 101 cm³/mol. The number of methoxy groups -OCH3 is 1. The molecule has 146 valence electrons. The normalized spacial score (nSPS) is 16.9.